The maximum atomic E-state index is 11.1. The highest BCUT2D eigenvalue weighted by Crippen LogP contribution is 2.25. The van der Waals surface area contributed by atoms with Gasteiger partial charge in [-0.25, -0.2) is 4.79 Å². The molecule has 5 nitrogen and oxygen atoms in total. The van der Waals surface area contributed by atoms with E-state index >= 15 is 0 Å². The van der Waals surface area contributed by atoms with Crippen molar-refractivity contribution in [1.82, 2.24) is 0 Å². The van der Waals surface area contributed by atoms with E-state index in [-0.39, 0.29) is 5.92 Å². The quantitative estimate of drug-likeness (QED) is 0.648. The molecule has 1 aliphatic heterocycles. The van der Waals surface area contributed by atoms with Crippen molar-refractivity contribution < 1.29 is 24.1 Å². The van der Waals surface area contributed by atoms with Crippen LogP contribution in [0.5, 0.6) is 5.75 Å². The SMILES string of the molecule is CC1(C(=O)O)OCC(CCCCc2ccc(OCc3ccccc3)cc2)CO1. The van der Waals surface area contributed by atoms with E-state index in [2.05, 4.69) is 24.3 Å². The second kappa shape index (κ2) is 9.71. The van der Waals surface area contributed by atoms with E-state index in [4.69, 9.17) is 19.3 Å². The van der Waals surface area contributed by atoms with Crippen LogP contribution in [0.25, 0.3) is 0 Å². The van der Waals surface area contributed by atoms with Gasteiger partial charge in [0.2, 0.25) is 0 Å². The fourth-order valence-electron chi connectivity index (χ4n) is 3.19. The molecule has 1 saturated heterocycles. The monoisotopic (exact) mass is 384 g/mol. The molecule has 0 saturated carbocycles. The van der Waals surface area contributed by atoms with Crippen molar-refractivity contribution in [3.05, 3.63) is 65.7 Å². The molecule has 2 aromatic carbocycles. The highest BCUT2D eigenvalue weighted by Gasteiger charge is 2.40. The average Bonchev–Trinajstić information content (AvgIpc) is 2.72. The summed E-state index contributed by atoms with van der Waals surface area (Å²) in [5.41, 5.74) is 2.45. The van der Waals surface area contributed by atoms with Gasteiger partial charge in [-0.1, -0.05) is 48.9 Å². The van der Waals surface area contributed by atoms with E-state index in [1.54, 1.807) is 0 Å². The standard InChI is InChI=1S/C23H28O5/c1-23(22(24)25)27-16-20(17-28-23)10-6-5-7-18-11-13-21(14-12-18)26-15-19-8-3-2-4-9-19/h2-4,8-9,11-14,20H,5-7,10,15-17H2,1H3,(H,24,25). The summed E-state index contributed by atoms with van der Waals surface area (Å²) in [5, 5.41) is 9.08. The topological polar surface area (TPSA) is 65.0 Å². The number of carboxylic acids is 1. The van der Waals surface area contributed by atoms with Crippen molar-refractivity contribution in [3.63, 3.8) is 0 Å². The lowest BCUT2D eigenvalue weighted by molar-refractivity contribution is -0.271. The van der Waals surface area contributed by atoms with Crippen LogP contribution in [-0.2, 0) is 27.3 Å². The van der Waals surface area contributed by atoms with Crippen molar-refractivity contribution >= 4 is 5.97 Å². The maximum Gasteiger partial charge on any atom is 0.364 e. The first-order chi connectivity index (χ1) is 13.5. The van der Waals surface area contributed by atoms with Crippen LogP contribution in [0.4, 0.5) is 0 Å². The maximum absolute atomic E-state index is 11.1. The fraction of sp³-hybridized carbons (Fsp3) is 0.435. The highest BCUT2D eigenvalue weighted by atomic mass is 16.7. The summed E-state index contributed by atoms with van der Waals surface area (Å²) in [4.78, 5) is 11.1. The molecular weight excluding hydrogens is 356 g/mol. The lowest BCUT2D eigenvalue weighted by Gasteiger charge is -2.34. The summed E-state index contributed by atoms with van der Waals surface area (Å²) >= 11 is 0. The normalized spacial score (nSPS) is 22.0. The number of rotatable bonds is 9. The lowest BCUT2D eigenvalue weighted by atomic mass is 10.00. The summed E-state index contributed by atoms with van der Waals surface area (Å²) in [6, 6.07) is 18.4. The Balaban J connectivity index is 1.33. The Bertz CT molecular complexity index is 733. The summed E-state index contributed by atoms with van der Waals surface area (Å²) in [7, 11) is 0. The molecule has 150 valence electrons. The van der Waals surface area contributed by atoms with E-state index in [1.807, 2.05) is 30.3 Å². The van der Waals surface area contributed by atoms with Gasteiger partial charge in [-0.2, -0.15) is 0 Å². The first-order valence-electron chi connectivity index (χ1n) is 9.82. The van der Waals surface area contributed by atoms with Gasteiger partial charge in [-0.15, -0.1) is 0 Å². The van der Waals surface area contributed by atoms with Crippen molar-refractivity contribution in [2.24, 2.45) is 5.92 Å². The highest BCUT2D eigenvalue weighted by molar-refractivity contribution is 5.75. The lowest BCUT2D eigenvalue weighted by Crippen LogP contribution is -2.47. The zero-order valence-corrected chi connectivity index (χ0v) is 16.3. The minimum atomic E-state index is -1.49. The predicted octanol–water partition coefficient (Wildman–Crippen LogP) is 4.44. The van der Waals surface area contributed by atoms with Crippen molar-refractivity contribution in [3.8, 4) is 5.75 Å². The number of unbranched alkanes of at least 4 members (excludes halogenated alkanes) is 1. The van der Waals surface area contributed by atoms with Gasteiger partial charge in [0.25, 0.3) is 5.79 Å². The zero-order valence-electron chi connectivity index (χ0n) is 16.3. The second-order valence-corrected chi connectivity index (χ2v) is 7.40. The third-order valence-electron chi connectivity index (χ3n) is 5.08. The Hall–Kier alpha value is -2.37. The number of aryl methyl sites for hydroxylation is 1. The van der Waals surface area contributed by atoms with Gasteiger partial charge in [0.1, 0.15) is 12.4 Å². The van der Waals surface area contributed by atoms with Gasteiger partial charge < -0.3 is 19.3 Å². The van der Waals surface area contributed by atoms with Crippen molar-refractivity contribution in [2.45, 2.75) is 45.0 Å². The Morgan fingerprint density at radius 3 is 2.36 bits per heavy atom. The number of ether oxygens (including phenoxy) is 3. The minimum absolute atomic E-state index is 0.265. The van der Waals surface area contributed by atoms with Crippen LogP contribution in [-0.4, -0.2) is 30.1 Å². The molecule has 0 atom stereocenters. The molecule has 1 heterocycles. The van der Waals surface area contributed by atoms with E-state index < -0.39 is 11.8 Å². The molecule has 0 radical (unpaired) electrons. The Morgan fingerprint density at radius 1 is 1.04 bits per heavy atom. The van der Waals surface area contributed by atoms with Crippen LogP contribution in [0, 0.1) is 5.92 Å². The molecule has 28 heavy (non-hydrogen) atoms. The summed E-state index contributed by atoms with van der Waals surface area (Å²) in [5.74, 6) is -1.41. The molecule has 0 aliphatic carbocycles. The largest absolute Gasteiger partial charge is 0.489 e. The Kier molecular flexibility index (Phi) is 7.06. The Labute approximate surface area is 166 Å². The minimum Gasteiger partial charge on any atom is -0.489 e. The first kappa shape index (κ1) is 20.4. The summed E-state index contributed by atoms with van der Waals surface area (Å²) < 4.78 is 16.6. The summed E-state index contributed by atoms with van der Waals surface area (Å²) in [6.45, 7) is 2.91. The third kappa shape index (κ3) is 5.81. The molecule has 1 fully saturated rings. The number of hydrogen-bond donors (Lipinski definition) is 1. The second-order valence-electron chi connectivity index (χ2n) is 7.40. The Morgan fingerprint density at radius 2 is 1.71 bits per heavy atom. The van der Waals surface area contributed by atoms with Crippen LogP contribution in [0.3, 0.4) is 0 Å². The van der Waals surface area contributed by atoms with Gasteiger partial charge in [-0.05, 0) is 42.5 Å². The van der Waals surface area contributed by atoms with Crippen LogP contribution >= 0.6 is 0 Å². The van der Waals surface area contributed by atoms with Gasteiger partial charge in [0.05, 0.1) is 13.2 Å². The van der Waals surface area contributed by atoms with Crippen LogP contribution in [0.1, 0.15) is 37.3 Å². The zero-order chi connectivity index (χ0) is 19.8. The predicted molar refractivity (Wildman–Crippen MR) is 106 cm³/mol. The first-order valence-corrected chi connectivity index (χ1v) is 9.82. The number of aliphatic carboxylic acids is 1. The molecule has 0 bridgehead atoms. The molecule has 0 aromatic heterocycles. The van der Waals surface area contributed by atoms with Gasteiger partial charge >= 0.3 is 5.97 Å². The van der Waals surface area contributed by atoms with Crippen molar-refractivity contribution in [2.75, 3.05) is 13.2 Å². The molecule has 5 heteroatoms. The molecule has 0 amide bonds. The summed E-state index contributed by atoms with van der Waals surface area (Å²) in [6.07, 6.45) is 4.14. The molecule has 0 spiro atoms. The van der Waals surface area contributed by atoms with E-state index in [1.165, 1.54) is 12.5 Å². The molecule has 3 rings (SSSR count). The molecule has 2 aromatic rings. The molecular formula is C23H28O5. The van der Waals surface area contributed by atoms with Gasteiger partial charge in [0.15, 0.2) is 0 Å². The van der Waals surface area contributed by atoms with Crippen LogP contribution < -0.4 is 4.74 Å². The van der Waals surface area contributed by atoms with E-state index in [0.717, 1.165) is 37.0 Å². The molecule has 1 N–H and O–H groups in total. The van der Waals surface area contributed by atoms with Crippen LogP contribution in [0.15, 0.2) is 54.6 Å². The fourth-order valence-corrected chi connectivity index (χ4v) is 3.19. The van der Waals surface area contributed by atoms with Gasteiger partial charge in [-0.3, -0.25) is 0 Å². The smallest absolute Gasteiger partial charge is 0.364 e. The molecule has 1 aliphatic rings. The van der Waals surface area contributed by atoms with Gasteiger partial charge in [0, 0.05) is 12.8 Å². The van der Waals surface area contributed by atoms with Crippen LogP contribution in [0.2, 0.25) is 0 Å². The van der Waals surface area contributed by atoms with E-state index in [9.17, 15) is 4.79 Å². The number of carboxylic acid groups (broad SMARTS) is 1. The van der Waals surface area contributed by atoms with Crippen molar-refractivity contribution in [1.29, 1.82) is 0 Å². The average molecular weight is 384 g/mol. The number of carbonyl (C=O) groups is 1. The molecule has 0 unspecified atom stereocenters. The number of benzene rings is 2. The third-order valence-corrected chi connectivity index (χ3v) is 5.08. The number of hydrogen-bond acceptors (Lipinski definition) is 4. The van der Waals surface area contributed by atoms with E-state index in [0.29, 0.717) is 19.8 Å².